The quantitative estimate of drug-likeness (QED) is 0.180. The molecule has 2 N–H and O–H groups in total. The zero-order valence-electron chi connectivity index (χ0n) is 22.9. The largest absolute Gasteiger partial charge is 0.481 e. The maximum Gasteiger partial charge on any atom is 0.306 e. The van der Waals surface area contributed by atoms with Crippen molar-refractivity contribution >= 4 is 85.8 Å². The summed E-state index contributed by atoms with van der Waals surface area (Å²) in [4.78, 5) is 63.3. The number of thiol groups is 1. The molecule has 5 atom stereocenters. The molecule has 38 heavy (non-hydrogen) atoms. The second kappa shape index (κ2) is 22.9. The van der Waals surface area contributed by atoms with Crippen LogP contribution < -0.4 is 0 Å². The van der Waals surface area contributed by atoms with E-state index >= 15 is 0 Å². The monoisotopic (exact) mass is 658 g/mol. The lowest BCUT2D eigenvalue weighted by Crippen LogP contribution is -2.18. The highest BCUT2D eigenvalue weighted by Crippen LogP contribution is 2.35. The van der Waals surface area contributed by atoms with Crippen molar-refractivity contribution in [3.05, 3.63) is 0 Å². The van der Waals surface area contributed by atoms with Crippen LogP contribution in [0, 0.1) is 17.8 Å². The van der Waals surface area contributed by atoms with Gasteiger partial charge in [0.25, 0.3) is 0 Å². The minimum absolute atomic E-state index is 0.0186. The summed E-state index contributed by atoms with van der Waals surface area (Å²) in [6.45, 7) is 9.01. The van der Waals surface area contributed by atoms with Crippen LogP contribution in [0.4, 0.5) is 0 Å². The van der Waals surface area contributed by atoms with Crippen molar-refractivity contribution in [3.8, 4) is 0 Å². The van der Waals surface area contributed by atoms with Crippen LogP contribution in [0.5, 0.6) is 0 Å². The normalized spacial score (nSPS) is 21.5. The molecule has 0 amide bonds. The Balaban J connectivity index is 0. The number of aliphatic carboxylic acids is 2. The number of hydrogen-bond acceptors (Lipinski definition) is 9. The van der Waals surface area contributed by atoms with Gasteiger partial charge in [-0.2, -0.15) is 12.6 Å². The molecule has 0 saturated carbocycles. The van der Waals surface area contributed by atoms with E-state index in [1.807, 2.05) is 6.92 Å². The second-order valence-corrected chi connectivity index (χ2v) is 13.7. The van der Waals surface area contributed by atoms with Crippen molar-refractivity contribution in [3.63, 3.8) is 0 Å². The van der Waals surface area contributed by atoms with Crippen molar-refractivity contribution in [1.29, 1.82) is 0 Å². The highest BCUT2D eigenvalue weighted by molar-refractivity contribution is 9.09. The predicted molar refractivity (Wildman–Crippen MR) is 161 cm³/mol. The predicted octanol–water partition coefficient (Wildman–Crippen LogP) is 5.93. The molecule has 0 aromatic carbocycles. The zero-order chi connectivity index (χ0) is 29.8. The van der Waals surface area contributed by atoms with Gasteiger partial charge in [0.1, 0.15) is 11.6 Å². The molecule has 220 valence electrons. The standard InChI is InChI=1S/C9H14O2S.C8H14O4S.C5H8OS.C4H7BrO/c1-6(10)3-4-8-5-7(2)12-9(8)11;1-5(13)4-6(8(11)12)2-3-7(9)10;1-4-2-3-7-5(4)6;1-4(6)2-3-5/h7-8H,3-5H2,1-2H3;5-6,13H,2-4H2,1H3,(H,9,10)(H,11,12);4H,2-3H2,1H3;2-3H2,1H3. The van der Waals surface area contributed by atoms with Gasteiger partial charge in [0.15, 0.2) is 10.2 Å². The Labute approximate surface area is 249 Å². The first kappa shape index (κ1) is 39.3. The Morgan fingerprint density at radius 2 is 1.61 bits per heavy atom. The van der Waals surface area contributed by atoms with Gasteiger partial charge in [-0.1, -0.05) is 60.2 Å². The Kier molecular flexibility index (Phi) is 23.7. The summed E-state index contributed by atoms with van der Waals surface area (Å²) >= 11 is 10.1. The zero-order valence-corrected chi connectivity index (χ0v) is 27.1. The highest BCUT2D eigenvalue weighted by Gasteiger charge is 2.30. The van der Waals surface area contributed by atoms with Gasteiger partial charge in [0, 0.05) is 47.4 Å². The second-order valence-electron chi connectivity index (χ2n) is 9.47. The molecular weight excluding hydrogens is 616 g/mol. The third-order valence-electron chi connectivity index (χ3n) is 5.44. The van der Waals surface area contributed by atoms with Crippen molar-refractivity contribution in [2.24, 2.45) is 17.8 Å². The lowest BCUT2D eigenvalue weighted by atomic mass is 9.98. The number of alkyl halides is 1. The molecule has 0 bridgehead atoms. The minimum atomic E-state index is -0.960. The molecule has 2 fully saturated rings. The molecule has 0 spiro atoms. The third kappa shape index (κ3) is 23.1. The number of carbonyl (C=O) groups excluding carboxylic acids is 4. The summed E-state index contributed by atoms with van der Waals surface area (Å²) < 4.78 is 0. The van der Waals surface area contributed by atoms with Gasteiger partial charge in [0.05, 0.1) is 5.92 Å². The molecule has 8 nitrogen and oxygen atoms in total. The third-order valence-corrected chi connectivity index (χ3v) is 8.33. The number of thioether (sulfide) groups is 2. The average molecular weight is 660 g/mol. The van der Waals surface area contributed by atoms with E-state index in [2.05, 4.69) is 35.5 Å². The summed E-state index contributed by atoms with van der Waals surface area (Å²) in [6.07, 6.45) is 4.49. The molecule has 2 aliphatic rings. The van der Waals surface area contributed by atoms with Crippen molar-refractivity contribution in [1.82, 2.24) is 0 Å². The van der Waals surface area contributed by atoms with Crippen LogP contribution in [0.25, 0.3) is 0 Å². The molecule has 2 saturated heterocycles. The van der Waals surface area contributed by atoms with E-state index in [0.29, 0.717) is 35.5 Å². The van der Waals surface area contributed by atoms with Gasteiger partial charge in [-0.15, -0.1) is 0 Å². The number of carbonyl (C=O) groups is 6. The van der Waals surface area contributed by atoms with Gasteiger partial charge < -0.3 is 15.0 Å². The maximum atomic E-state index is 11.2. The van der Waals surface area contributed by atoms with Gasteiger partial charge in [0.2, 0.25) is 0 Å². The number of rotatable bonds is 11. The SMILES string of the molecule is CC(=O)CCBr.CC(=O)CCC1CC(C)SC1=O.CC(S)CC(CCC(=O)O)C(=O)O.CC1CCSC1=O. The fourth-order valence-corrected chi connectivity index (χ4v) is 6.25. The van der Waals surface area contributed by atoms with Crippen LogP contribution in [-0.4, -0.2) is 65.5 Å². The van der Waals surface area contributed by atoms with Crippen LogP contribution >= 0.6 is 52.1 Å². The number of ketones is 2. The number of halogens is 1. The summed E-state index contributed by atoms with van der Waals surface area (Å²) in [7, 11) is 0. The molecule has 0 radical (unpaired) electrons. The van der Waals surface area contributed by atoms with Crippen LogP contribution in [0.2, 0.25) is 0 Å². The molecular formula is C26H43BrO8S3. The Morgan fingerprint density at radius 1 is 1.03 bits per heavy atom. The molecule has 0 aromatic heterocycles. The first-order chi connectivity index (χ1) is 17.6. The summed E-state index contributed by atoms with van der Waals surface area (Å²) in [6, 6.07) is 0. The molecule has 2 rings (SSSR count). The molecule has 2 aliphatic heterocycles. The Hall–Kier alpha value is -0.850. The van der Waals surface area contributed by atoms with Crippen LogP contribution in [0.3, 0.4) is 0 Å². The van der Waals surface area contributed by atoms with Gasteiger partial charge in [-0.25, -0.2) is 0 Å². The Bertz CT molecular complexity index is 776. The molecule has 12 heteroatoms. The first-order valence-electron chi connectivity index (χ1n) is 12.6. The number of Topliss-reactive ketones (excluding diaryl/α,β-unsaturated/α-hetero) is 2. The lowest BCUT2D eigenvalue weighted by molar-refractivity contribution is -0.143. The summed E-state index contributed by atoms with van der Waals surface area (Å²) in [5.74, 6) is -0.540. The molecule has 2 heterocycles. The molecule has 0 aliphatic carbocycles. The van der Waals surface area contributed by atoms with E-state index in [-0.39, 0.29) is 40.7 Å². The smallest absolute Gasteiger partial charge is 0.306 e. The number of carboxylic acids is 2. The first-order valence-corrected chi connectivity index (χ1v) is 16.1. The van der Waals surface area contributed by atoms with Crippen LogP contribution in [0.1, 0.15) is 86.0 Å². The summed E-state index contributed by atoms with van der Waals surface area (Å²) in [5, 5.41) is 19.0. The van der Waals surface area contributed by atoms with Crippen molar-refractivity contribution in [2.45, 2.75) is 96.5 Å². The van der Waals surface area contributed by atoms with Crippen LogP contribution in [-0.2, 0) is 28.8 Å². The number of hydrogen-bond donors (Lipinski definition) is 3. The van der Waals surface area contributed by atoms with E-state index in [1.165, 1.54) is 23.5 Å². The van der Waals surface area contributed by atoms with Crippen molar-refractivity contribution < 1.29 is 39.0 Å². The maximum absolute atomic E-state index is 11.2. The highest BCUT2D eigenvalue weighted by atomic mass is 79.9. The average Bonchev–Trinajstić information content (AvgIpc) is 3.32. The molecule has 0 aromatic rings. The number of carboxylic acid groups (broad SMARTS) is 2. The fraction of sp³-hybridized carbons (Fsp3) is 0.769. The summed E-state index contributed by atoms with van der Waals surface area (Å²) in [5.41, 5.74) is 0. The minimum Gasteiger partial charge on any atom is -0.481 e. The van der Waals surface area contributed by atoms with E-state index < -0.39 is 17.9 Å². The van der Waals surface area contributed by atoms with Crippen LogP contribution in [0.15, 0.2) is 0 Å². The van der Waals surface area contributed by atoms with E-state index in [9.17, 15) is 28.8 Å². The fourth-order valence-electron chi connectivity index (χ4n) is 3.23. The van der Waals surface area contributed by atoms with E-state index in [4.69, 9.17) is 10.2 Å². The van der Waals surface area contributed by atoms with Gasteiger partial charge >= 0.3 is 11.9 Å². The topological polar surface area (TPSA) is 143 Å². The van der Waals surface area contributed by atoms with Gasteiger partial charge in [-0.3, -0.25) is 24.0 Å². The Morgan fingerprint density at radius 3 is 1.87 bits per heavy atom. The molecule has 5 unspecified atom stereocenters. The lowest BCUT2D eigenvalue weighted by Gasteiger charge is -2.12. The van der Waals surface area contributed by atoms with E-state index in [0.717, 1.165) is 30.3 Å². The van der Waals surface area contributed by atoms with Gasteiger partial charge in [-0.05, 0) is 51.2 Å². The van der Waals surface area contributed by atoms with E-state index in [1.54, 1.807) is 20.8 Å². The van der Waals surface area contributed by atoms with Crippen molar-refractivity contribution in [2.75, 3.05) is 11.1 Å².